The average Bonchev–Trinajstić information content (AvgIpc) is 2.06. The number of hydrogen-bond acceptors (Lipinski definition) is 2. The summed E-state index contributed by atoms with van der Waals surface area (Å²) >= 11 is 17.2. The Hall–Kier alpha value is 0.330. The van der Waals surface area contributed by atoms with Crippen LogP contribution in [0.5, 0.6) is 0 Å². The summed E-state index contributed by atoms with van der Waals surface area (Å²) in [7, 11) is 1.21. The van der Waals surface area contributed by atoms with Gasteiger partial charge in [0.15, 0.2) is 0 Å². The van der Waals surface area contributed by atoms with Crippen LogP contribution in [0.25, 0.3) is 0 Å². The summed E-state index contributed by atoms with van der Waals surface area (Å²) in [6.07, 6.45) is 0. The van der Waals surface area contributed by atoms with Gasteiger partial charge in [-0.3, -0.25) is 0 Å². The van der Waals surface area contributed by atoms with Crippen molar-refractivity contribution < 1.29 is 8.42 Å². The first-order chi connectivity index (χ1) is 6.25. The molecule has 0 aromatic heterocycles. The van der Waals surface area contributed by atoms with E-state index in [1.807, 2.05) is 0 Å². The molecule has 0 heterocycles. The van der Waals surface area contributed by atoms with Gasteiger partial charge >= 0.3 is 0 Å². The van der Waals surface area contributed by atoms with Gasteiger partial charge in [-0.05, 0) is 18.6 Å². The van der Waals surface area contributed by atoms with E-state index in [4.69, 9.17) is 45.5 Å². The molecule has 0 unspecified atom stereocenters. The minimum absolute atomic E-state index is 0.0957. The highest BCUT2D eigenvalue weighted by atomic mass is 35.7. The van der Waals surface area contributed by atoms with Crippen LogP contribution in [0.4, 0.5) is 0 Å². The first-order valence-corrected chi connectivity index (χ1v) is 6.78. The highest BCUT2D eigenvalue weighted by Gasteiger charge is 2.20. The van der Waals surface area contributed by atoms with E-state index in [0.29, 0.717) is 5.56 Å². The minimum Gasteiger partial charge on any atom is -0.207 e. The van der Waals surface area contributed by atoms with Gasteiger partial charge in [0.1, 0.15) is 4.90 Å². The van der Waals surface area contributed by atoms with Crippen molar-refractivity contribution in [1.29, 1.82) is 0 Å². The molecule has 1 aromatic rings. The molecule has 1 rings (SSSR count). The summed E-state index contributed by atoms with van der Waals surface area (Å²) in [5, 5.41) is 0.195. The molecule has 0 aliphatic heterocycles. The fourth-order valence-electron chi connectivity index (χ4n) is 0.842. The van der Waals surface area contributed by atoms with Gasteiger partial charge in [0.05, 0.1) is 10.0 Å². The van der Waals surface area contributed by atoms with Crippen molar-refractivity contribution in [1.82, 2.24) is 0 Å². The SMILES string of the molecule is Cc1c(Cl)cc(S(=O)(=O)Cl)c(Cl)c1Cl. The predicted octanol–water partition coefficient (Wildman–Crippen LogP) is 3.88. The van der Waals surface area contributed by atoms with Crippen LogP contribution in [0.2, 0.25) is 15.1 Å². The van der Waals surface area contributed by atoms with E-state index in [9.17, 15) is 8.42 Å². The third kappa shape index (κ3) is 2.28. The summed E-state index contributed by atoms with van der Waals surface area (Å²) < 4.78 is 22.1. The first-order valence-electron chi connectivity index (χ1n) is 3.34. The summed E-state index contributed by atoms with van der Waals surface area (Å²) in [5.74, 6) is 0. The van der Waals surface area contributed by atoms with E-state index in [-0.39, 0.29) is 20.0 Å². The molecular formula is C7H4Cl4O2S. The van der Waals surface area contributed by atoms with Crippen LogP contribution in [0, 0.1) is 6.92 Å². The lowest BCUT2D eigenvalue weighted by atomic mass is 10.2. The summed E-state index contributed by atoms with van der Waals surface area (Å²) in [5.41, 5.74) is 0.516. The predicted molar refractivity (Wildman–Crippen MR) is 59.2 cm³/mol. The van der Waals surface area contributed by atoms with Crippen LogP contribution in [0.3, 0.4) is 0 Å². The fraction of sp³-hybridized carbons (Fsp3) is 0.143. The summed E-state index contributed by atoms with van der Waals surface area (Å²) in [6.45, 7) is 1.63. The zero-order valence-electron chi connectivity index (χ0n) is 6.81. The lowest BCUT2D eigenvalue weighted by Gasteiger charge is -2.07. The van der Waals surface area contributed by atoms with E-state index >= 15 is 0 Å². The molecule has 0 N–H and O–H groups in total. The van der Waals surface area contributed by atoms with Crippen molar-refractivity contribution in [3.63, 3.8) is 0 Å². The van der Waals surface area contributed by atoms with E-state index in [1.54, 1.807) is 6.92 Å². The monoisotopic (exact) mass is 292 g/mol. The molecule has 0 bridgehead atoms. The Morgan fingerprint density at radius 2 is 1.64 bits per heavy atom. The molecule has 1 aromatic carbocycles. The van der Waals surface area contributed by atoms with Crippen molar-refractivity contribution in [3.8, 4) is 0 Å². The molecule has 2 nitrogen and oxygen atoms in total. The fourth-order valence-corrected chi connectivity index (χ4v) is 2.98. The van der Waals surface area contributed by atoms with Crippen molar-refractivity contribution in [2.24, 2.45) is 0 Å². The van der Waals surface area contributed by atoms with Gasteiger partial charge in [-0.15, -0.1) is 0 Å². The maximum absolute atomic E-state index is 11.0. The van der Waals surface area contributed by atoms with E-state index in [1.165, 1.54) is 6.07 Å². The maximum Gasteiger partial charge on any atom is 0.262 e. The molecule has 0 fully saturated rings. The van der Waals surface area contributed by atoms with Gasteiger partial charge in [0, 0.05) is 15.7 Å². The Bertz CT molecular complexity index is 481. The van der Waals surface area contributed by atoms with Crippen LogP contribution in [0.15, 0.2) is 11.0 Å². The Balaban J connectivity index is 3.66. The molecule has 0 saturated carbocycles. The molecular weight excluding hydrogens is 290 g/mol. The van der Waals surface area contributed by atoms with Crippen molar-refractivity contribution in [2.75, 3.05) is 0 Å². The number of benzene rings is 1. The Morgan fingerprint density at radius 1 is 1.14 bits per heavy atom. The van der Waals surface area contributed by atoms with Gasteiger partial charge < -0.3 is 0 Å². The molecule has 0 amide bonds. The third-order valence-corrected chi connectivity index (χ3v) is 4.43. The largest absolute Gasteiger partial charge is 0.262 e. The second-order valence-corrected chi connectivity index (χ2v) is 6.24. The second kappa shape index (κ2) is 4.06. The van der Waals surface area contributed by atoms with Crippen LogP contribution in [-0.4, -0.2) is 8.42 Å². The molecule has 78 valence electrons. The molecule has 0 radical (unpaired) electrons. The minimum atomic E-state index is -3.92. The Kier molecular flexibility index (Phi) is 3.60. The summed E-state index contributed by atoms with van der Waals surface area (Å²) in [4.78, 5) is -0.276. The van der Waals surface area contributed by atoms with Gasteiger partial charge in [-0.25, -0.2) is 8.42 Å². The Morgan fingerprint density at radius 3 is 2.07 bits per heavy atom. The molecule has 14 heavy (non-hydrogen) atoms. The van der Waals surface area contributed by atoms with Gasteiger partial charge in [0.2, 0.25) is 0 Å². The lowest BCUT2D eigenvalue weighted by Crippen LogP contribution is -1.94. The second-order valence-electron chi connectivity index (χ2n) is 2.55. The van der Waals surface area contributed by atoms with Gasteiger partial charge in [-0.2, -0.15) is 0 Å². The number of halogens is 4. The van der Waals surface area contributed by atoms with E-state index in [0.717, 1.165) is 0 Å². The van der Waals surface area contributed by atoms with Crippen molar-refractivity contribution in [2.45, 2.75) is 11.8 Å². The lowest BCUT2D eigenvalue weighted by molar-refractivity contribution is 0.609. The molecule has 7 heteroatoms. The topological polar surface area (TPSA) is 34.1 Å². The number of rotatable bonds is 1. The van der Waals surface area contributed by atoms with Gasteiger partial charge in [-0.1, -0.05) is 34.8 Å². The molecule has 0 spiro atoms. The van der Waals surface area contributed by atoms with Gasteiger partial charge in [0.25, 0.3) is 9.05 Å². The van der Waals surface area contributed by atoms with Crippen LogP contribution in [-0.2, 0) is 9.05 Å². The van der Waals surface area contributed by atoms with Crippen LogP contribution >= 0.6 is 45.5 Å². The van der Waals surface area contributed by atoms with Crippen LogP contribution in [0.1, 0.15) is 5.56 Å². The molecule has 0 saturated heterocycles. The highest BCUT2D eigenvalue weighted by Crippen LogP contribution is 2.37. The Labute approximate surface area is 101 Å². The van der Waals surface area contributed by atoms with Crippen LogP contribution < -0.4 is 0 Å². The smallest absolute Gasteiger partial charge is 0.207 e. The number of hydrogen-bond donors (Lipinski definition) is 0. The average molecular weight is 294 g/mol. The zero-order valence-corrected chi connectivity index (χ0v) is 10.7. The van der Waals surface area contributed by atoms with Crippen molar-refractivity contribution >= 4 is 54.5 Å². The van der Waals surface area contributed by atoms with Crippen molar-refractivity contribution in [3.05, 3.63) is 26.7 Å². The summed E-state index contributed by atoms with van der Waals surface area (Å²) in [6, 6.07) is 1.17. The molecule has 0 atom stereocenters. The third-order valence-electron chi connectivity index (χ3n) is 1.62. The van der Waals surface area contributed by atoms with E-state index in [2.05, 4.69) is 0 Å². The first kappa shape index (κ1) is 12.4. The normalized spacial score (nSPS) is 11.8. The molecule has 0 aliphatic carbocycles. The highest BCUT2D eigenvalue weighted by molar-refractivity contribution is 8.13. The standard InChI is InChI=1S/C7H4Cl4O2S/c1-3-4(8)2-5(14(11,12)13)7(10)6(3)9/h2H,1H3. The zero-order chi connectivity index (χ0) is 11.1. The maximum atomic E-state index is 11.0. The quantitative estimate of drug-likeness (QED) is 0.582. The van der Waals surface area contributed by atoms with E-state index < -0.39 is 9.05 Å². The molecule has 0 aliphatic rings.